The highest BCUT2D eigenvalue weighted by atomic mass is 32.2. The third kappa shape index (κ3) is 4.46. The van der Waals surface area contributed by atoms with Gasteiger partial charge in [-0.15, -0.1) is 0 Å². The van der Waals surface area contributed by atoms with Gasteiger partial charge in [0.25, 0.3) is 5.91 Å². The van der Waals surface area contributed by atoms with Gasteiger partial charge in [0.05, 0.1) is 5.75 Å². The summed E-state index contributed by atoms with van der Waals surface area (Å²) in [7, 11) is -3.24. The van der Waals surface area contributed by atoms with E-state index in [0.717, 1.165) is 29.2 Å². The van der Waals surface area contributed by atoms with Gasteiger partial charge >= 0.3 is 0 Å². The zero-order valence-corrected chi connectivity index (χ0v) is 20.3. The van der Waals surface area contributed by atoms with Crippen molar-refractivity contribution in [2.24, 2.45) is 11.8 Å². The number of amides is 1. The number of rotatable bonds is 8. The molecule has 1 amide bonds. The highest BCUT2D eigenvalue weighted by molar-refractivity contribution is 7.89. The van der Waals surface area contributed by atoms with Crippen LogP contribution in [0.15, 0.2) is 66.9 Å². The number of unbranched alkanes of at least 4 members (excludes halogenated alkanes) is 1. The Morgan fingerprint density at radius 2 is 1.71 bits per heavy atom. The van der Waals surface area contributed by atoms with Crippen molar-refractivity contribution < 1.29 is 13.2 Å². The lowest BCUT2D eigenvalue weighted by atomic mass is 9.66. The average Bonchev–Trinajstić information content (AvgIpc) is 2.87. The summed E-state index contributed by atoms with van der Waals surface area (Å²) >= 11 is 0. The molecule has 2 saturated heterocycles. The number of benzene rings is 2. The molecule has 3 fully saturated rings. The molecular weight excluding hydrogens is 446 g/mol. The van der Waals surface area contributed by atoms with Crippen LogP contribution in [0.5, 0.6) is 0 Å². The first kappa shape index (κ1) is 23.0. The van der Waals surface area contributed by atoms with Crippen molar-refractivity contribution in [2.75, 3.05) is 18.8 Å². The number of hydrogen-bond donors (Lipinski definition) is 0. The Balaban J connectivity index is 1.41. The fourth-order valence-electron chi connectivity index (χ4n) is 5.45. The quantitative estimate of drug-likeness (QED) is 0.484. The Kier molecular flexibility index (Phi) is 6.40. The van der Waals surface area contributed by atoms with Gasteiger partial charge in [-0.05, 0) is 41.7 Å². The van der Waals surface area contributed by atoms with Gasteiger partial charge in [0.2, 0.25) is 10.0 Å². The number of piperidine rings is 2. The Bertz CT molecular complexity index is 1270. The highest BCUT2D eigenvalue weighted by Crippen LogP contribution is 2.45. The van der Waals surface area contributed by atoms with Crippen molar-refractivity contribution in [3.8, 4) is 0 Å². The number of sulfonamides is 1. The Hall–Kier alpha value is -2.77. The molecule has 0 spiro atoms. The van der Waals surface area contributed by atoms with Gasteiger partial charge in [-0.1, -0.05) is 67.9 Å². The molecule has 6 nitrogen and oxygen atoms in total. The average molecular weight is 478 g/mol. The number of pyridine rings is 1. The van der Waals surface area contributed by atoms with E-state index in [4.69, 9.17) is 0 Å². The van der Waals surface area contributed by atoms with Crippen LogP contribution in [0, 0.1) is 11.8 Å². The zero-order valence-electron chi connectivity index (χ0n) is 19.5. The van der Waals surface area contributed by atoms with E-state index in [1.54, 1.807) is 10.5 Å². The molecule has 0 N–H and O–H groups in total. The standard InChI is InChI=1S/C27H31N3O3S/c1-2-3-13-34(32,33)29-18-23-14-24(19-29)26(23)30(17-20-9-5-4-6-10-20)27(31)25-15-21-11-7-8-12-22(21)16-28-25/h4-12,15-16,23-24,26H,2-3,13-14,17-19H2,1H3. The van der Waals surface area contributed by atoms with Crippen LogP contribution in [0.4, 0.5) is 0 Å². The number of fused-ring (bicyclic) bond motifs is 3. The summed E-state index contributed by atoms with van der Waals surface area (Å²) < 4.78 is 27.3. The maximum atomic E-state index is 13.8. The molecule has 1 saturated carbocycles. The summed E-state index contributed by atoms with van der Waals surface area (Å²) in [6.07, 6.45) is 4.27. The van der Waals surface area contributed by atoms with Gasteiger partial charge in [-0.3, -0.25) is 9.78 Å². The summed E-state index contributed by atoms with van der Waals surface area (Å²) in [6, 6.07) is 19.8. The van der Waals surface area contributed by atoms with Gasteiger partial charge < -0.3 is 4.90 Å². The molecular formula is C27H31N3O3S. The van der Waals surface area contributed by atoms with E-state index >= 15 is 0 Å². The smallest absolute Gasteiger partial charge is 0.273 e. The molecule has 3 heterocycles. The van der Waals surface area contributed by atoms with Gasteiger partial charge in [0, 0.05) is 37.3 Å². The van der Waals surface area contributed by atoms with Crippen LogP contribution in [-0.4, -0.2) is 53.4 Å². The van der Waals surface area contributed by atoms with Gasteiger partial charge in [-0.2, -0.15) is 0 Å². The molecule has 1 aliphatic carbocycles. The topological polar surface area (TPSA) is 70.6 Å². The monoisotopic (exact) mass is 477 g/mol. The lowest BCUT2D eigenvalue weighted by Crippen LogP contribution is -2.66. The zero-order chi connectivity index (χ0) is 23.7. The summed E-state index contributed by atoms with van der Waals surface area (Å²) in [5.74, 6) is 0.435. The largest absolute Gasteiger partial charge is 0.329 e. The Morgan fingerprint density at radius 1 is 1.03 bits per heavy atom. The van der Waals surface area contributed by atoms with Crippen LogP contribution in [0.1, 0.15) is 42.2 Å². The first-order chi connectivity index (χ1) is 16.5. The van der Waals surface area contributed by atoms with E-state index in [-0.39, 0.29) is 29.5 Å². The van der Waals surface area contributed by atoms with Crippen molar-refractivity contribution >= 4 is 26.7 Å². The number of nitrogens with zero attached hydrogens (tertiary/aromatic N) is 3. The number of hydrogen-bond acceptors (Lipinski definition) is 4. The molecule has 2 unspecified atom stereocenters. The summed E-state index contributed by atoms with van der Waals surface area (Å²) in [5.41, 5.74) is 1.50. The van der Waals surface area contributed by atoms with Crippen molar-refractivity contribution in [1.82, 2.24) is 14.2 Å². The van der Waals surface area contributed by atoms with E-state index < -0.39 is 10.0 Å². The lowest BCUT2D eigenvalue weighted by Gasteiger charge is -2.56. The maximum absolute atomic E-state index is 13.8. The predicted octanol–water partition coefficient (Wildman–Crippen LogP) is 4.33. The molecule has 2 bridgehead atoms. The summed E-state index contributed by atoms with van der Waals surface area (Å²) in [4.78, 5) is 20.2. The molecule has 2 aromatic carbocycles. The number of carbonyl (C=O) groups is 1. The van der Waals surface area contributed by atoms with E-state index in [0.29, 0.717) is 31.7 Å². The van der Waals surface area contributed by atoms with Crippen LogP contribution < -0.4 is 0 Å². The van der Waals surface area contributed by atoms with Crippen molar-refractivity contribution in [3.05, 3.63) is 78.1 Å². The van der Waals surface area contributed by atoms with Gasteiger partial charge in [-0.25, -0.2) is 12.7 Å². The minimum atomic E-state index is -3.24. The Labute approximate surface area is 201 Å². The molecule has 3 aromatic rings. The minimum absolute atomic E-state index is 0.0265. The van der Waals surface area contributed by atoms with E-state index in [1.807, 2.05) is 72.5 Å². The maximum Gasteiger partial charge on any atom is 0.273 e. The van der Waals surface area contributed by atoms with E-state index in [9.17, 15) is 13.2 Å². The molecule has 3 aliphatic rings. The third-order valence-corrected chi connectivity index (χ3v) is 9.15. The van der Waals surface area contributed by atoms with Crippen LogP contribution in [0.3, 0.4) is 0 Å². The Morgan fingerprint density at radius 3 is 2.41 bits per heavy atom. The normalized spacial score (nSPS) is 22.3. The second-order valence-corrected chi connectivity index (χ2v) is 11.7. The second-order valence-electron chi connectivity index (χ2n) is 9.57. The van der Waals surface area contributed by atoms with Crippen molar-refractivity contribution in [3.63, 3.8) is 0 Å². The van der Waals surface area contributed by atoms with Crippen LogP contribution >= 0.6 is 0 Å². The number of carbonyl (C=O) groups excluding carboxylic acids is 1. The predicted molar refractivity (Wildman–Crippen MR) is 134 cm³/mol. The molecule has 2 aliphatic heterocycles. The molecule has 6 rings (SSSR count). The summed E-state index contributed by atoms with van der Waals surface area (Å²) in [6.45, 7) is 3.50. The molecule has 34 heavy (non-hydrogen) atoms. The van der Waals surface area contributed by atoms with Crippen LogP contribution in [0.25, 0.3) is 10.8 Å². The molecule has 2 atom stereocenters. The fraction of sp³-hybridized carbons (Fsp3) is 0.407. The SMILES string of the molecule is CCCCS(=O)(=O)N1CC2CC(C1)C2N(Cc1ccccc1)C(=O)c1cc2ccccc2cn1. The van der Waals surface area contributed by atoms with Crippen LogP contribution in [-0.2, 0) is 16.6 Å². The lowest BCUT2D eigenvalue weighted by molar-refractivity contribution is -0.0440. The molecule has 1 aromatic heterocycles. The highest BCUT2D eigenvalue weighted by Gasteiger charge is 2.52. The van der Waals surface area contributed by atoms with Crippen molar-refractivity contribution in [2.45, 2.75) is 38.8 Å². The van der Waals surface area contributed by atoms with E-state index in [1.165, 1.54) is 0 Å². The summed E-state index contributed by atoms with van der Waals surface area (Å²) in [5, 5.41) is 1.99. The first-order valence-corrected chi connectivity index (χ1v) is 13.7. The molecule has 0 radical (unpaired) electrons. The van der Waals surface area contributed by atoms with Crippen molar-refractivity contribution in [1.29, 1.82) is 0 Å². The molecule has 178 valence electrons. The first-order valence-electron chi connectivity index (χ1n) is 12.1. The fourth-order valence-corrected chi connectivity index (χ4v) is 7.20. The third-order valence-electron chi connectivity index (χ3n) is 7.26. The van der Waals surface area contributed by atoms with E-state index in [2.05, 4.69) is 4.98 Å². The van der Waals surface area contributed by atoms with Crippen LogP contribution in [0.2, 0.25) is 0 Å². The van der Waals surface area contributed by atoms with Gasteiger partial charge in [0.15, 0.2) is 0 Å². The second kappa shape index (κ2) is 9.47. The number of aromatic nitrogens is 1. The van der Waals surface area contributed by atoms with Gasteiger partial charge in [0.1, 0.15) is 5.69 Å². The molecule has 7 heteroatoms. The minimum Gasteiger partial charge on any atom is -0.329 e.